The minimum atomic E-state index is -0.0577. The molecule has 0 atom stereocenters. The van der Waals surface area contributed by atoms with Gasteiger partial charge in [-0.05, 0) is 64.8 Å². The van der Waals surface area contributed by atoms with Crippen molar-refractivity contribution >= 4 is 5.91 Å². The molecule has 0 unspecified atom stereocenters. The fraction of sp³-hybridized carbons (Fsp3) is 0.632. The van der Waals surface area contributed by atoms with Crippen LogP contribution in [0.2, 0.25) is 0 Å². The van der Waals surface area contributed by atoms with Crippen LogP contribution in [0.4, 0.5) is 0 Å². The SMILES string of the molecule is Cc1cccc(C)c1OCC(=O)NCC(C)(C)N1CCCCC1. The smallest absolute Gasteiger partial charge is 0.258 e. The average Bonchev–Trinajstić information content (AvgIpc) is 2.53. The Hall–Kier alpha value is -1.55. The molecule has 128 valence electrons. The molecule has 1 aromatic carbocycles. The van der Waals surface area contributed by atoms with E-state index in [9.17, 15) is 4.79 Å². The molecule has 1 amide bonds. The number of likely N-dealkylation sites (tertiary alicyclic amines) is 1. The quantitative estimate of drug-likeness (QED) is 0.876. The zero-order valence-corrected chi connectivity index (χ0v) is 14.9. The van der Waals surface area contributed by atoms with Crippen molar-refractivity contribution in [1.29, 1.82) is 0 Å². The molecule has 0 spiro atoms. The number of carbonyl (C=O) groups excluding carboxylic acids is 1. The van der Waals surface area contributed by atoms with Crippen LogP contribution in [0.5, 0.6) is 5.75 Å². The molecule has 0 bridgehead atoms. The van der Waals surface area contributed by atoms with Gasteiger partial charge in [0, 0.05) is 12.1 Å². The van der Waals surface area contributed by atoms with Gasteiger partial charge in [-0.2, -0.15) is 0 Å². The van der Waals surface area contributed by atoms with Gasteiger partial charge in [0.1, 0.15) is 5.75 Å². The fourth-order valence-electron chi connectivity index (χ4n) is 3.14. The van der Waals surface area contributed by atoms with Gasteiger partial charge >= 0.3 is 0 Å². The highest BCUT2D eigenvalue weighted by molar-refractivity contribution is 5.77. The summed E-state index contributed by atoms with van der Waals surface area (Å²) in [4.78, 5) is 14.6. The Morgan fingerprint density at radius 1 is 1.17 bits per heavy atom. The van der Waals surface area contributed by atoms with Crippen molar-refractivity contribution in [2.45, 2.75) is 52.5 Å². The second-order valence-corrected chi connectivity index (χ2v) is 7.15. The zero-order valence-electron chi connectivity index (χ0n) is 14.9. The zero-order chi connectivity index (χ0) is 16.9. The lowest BCUT2D eigenvalue weighted by atomic mass is 9.98. The maximum Gasteiger partial charge on any atom is 0.258 e. The number of carbonyl (C=O) groups is 1. The highest BCUT2D eigenvalue weighted by Crippen LogP contribution is 2.22. The molecule has 0 saturated carbocycles. The molecule has 0 aliphatic carbocycles. The second kappa shape index (κ2) is 7.82. The Balaban J connectivity index is 1.80. The van der Waals surface area contributed by atoms with E-state index in [-0.39, 0.29) is 18.1 Å². The molecule has 1 aliphatic heterocycles. The lowest BCUT2D eigenvalue weighted by Gasteiger charge is -2.41. The normalized spacial score (nSPS) is 16.2. The minimum Gasteiger partial charge on any atom is -0.483 e. The Kier molecular flexibility index (Phi) is 6.05. The predicted molar refractivity (Wildman–Crippen MR) is 93.9 cm³/mol. The number of hydrogen-bond donors (Lipinski definition) is 1. The molecule has 4 heteroatoms. The molecule has 1 aromatic rings. The standard InChI is InChI=1S/C19H30N2O2/c1-15-9-8-10-16(2)18(15)23-13-17(22)20-14-19(3,4)21-11-6-5-7-12-21/h8-10H,5-7,11-14H2,1-4H3,(H,20,22). The number of nitrogens with one attached hydrogen (secondary N) is 1. The van der Waals surface area contributed by atoms with E-state index in [1.54, 1.807) is 0 Å². The molecule has 2 rings (SSSR count). The van der Waals surface area contributed by atoms with E-state index >= 15 is 0 Å². The lowest BCUT2D eigenvalue weighted by molar-refractivity contribution is -0.123. The van der Waals surface area contributed by atoms with Crippen LogP contribution in [0.15, 0.2) is 18.2 Å². The summed E-state index contributed by atoms with van der Waals surface area (Å²) >= 11 is 0. The summed E-state index contributed by atoms with van der Waals surface area (Å²) < 4.78 is 5.71. The summed E-state index contributed by atoms with van der Waals surface area (Å²) in [7, 11) is 0. The third-order valence-electron chi connectivity index (χ3n) is 4.69. The van der Waals surface area contributed by atoms with Crippen LogP contribution in [0.1, 0.15) is 44.2 Å². The van der Waals surface area contributed by atoms with Crippen LogP contribution >= 0.6 is 0 Å². The average molecular weight is 318 g/mol. The van der Waals surface area contributed by atoms with Crippen molar-refractivity contribution in [2.75, 3.05) is 26.2 Å². The first-order chi connectivity index (χ1) is 10.9. The Bertz CT molecular complexity index is 514. The highest BCUT2D eigenvalue weighted by Gasteiger charge is 2.28. The van der Waals surface area contributed by atoms with Gasteiger partial charge in [-0.3, -0.25) is 9.69 Å². The number of piperidine rings is 1. The van der Waals surface area contributed by atoms with Crippen molar-refractivity contribution in [1.82, 2.24) is 10.2 Å². The van der Waals surface area contributed by atoms with E-state index in [4.69, 9.17) is 4.74 Å². The summed E-state index contributed by atoms with van der Waals surface area (Å²) in [5, 5.41) is 3.02. The van der Waals surface area contributed by atoms with E-state index in [0.717, 1.165) is 30.0 Å². The number of aryl methyl sites for hydroxylation is 2. The number of rotatable bonds is 6. The third kappa shape index (κ3) is 4.96. The van der Waals surface area contributed by atoms with Crippen LogP contribution in [-0.4, -0.2) is 42.6 Å². The van der Waals surface area contributed by atoms with Crippen molar-refractivity contribution in [3.8, 4) is 5.75 Å². The third-order valence-corrected chi connectivity index (χ3v) is 4.69. The predicted octanol–water partition coefficient (Wildman–Crippen LogP) is 3.06. The molecule has 0 aromatic heterocycles. The van der Waals surface area contributed by atoms with E-state index in [0.29, 0.717) is 6.54 Å². The molecule has 1 aliphatic rings. The maximum atomic E-state index is 12.1. The molecular weight excluding hydrogens is 288 g/mol. The van der Waals surface area contributed by atoms with Crippen LogP contribution < -0.4 is 10.1 Å². The highest BCUT2D eigenvalue weighted by atomic mass is 16.5. The maximum absolute atomic E-state index is 12.1. The number of benzene rings is 1. The summed E-state index contributed by atoms with van der Waals surface area (Å²) in [6.07, 6.45) is 3.84. The lowest BCUT2D eigenvalue weighted by Crippen LogP contribution is -2.53. The molecule has 1 heterocycles. The van der Waals surface area contributed by atoms with Crippen molar-refractivity contribution in [3.05, 3.63) is 29.3 Å². The van der Waals surface area contributed by atoms with Crippen LogP contribution in [-0.2, 0) is 4.79 Å². The Morgan fingerprint density at radius 2 is 1.78 bits per heavy atom. The molecule has 23 heavy (non-hydrogen) atoms. The van der Waals surface area contributed by atoms with Crippen molar-refractivity contribution in [3.63, 3.8) is 0 Å². The van der Waals surface area contributed by atoms with Gasteiger partial charge < -0.3 is 10.1 Å². The van der Waals surface area contributed by atoms with Crippen molar-refractivity contribution in [2.24, 2.45) is 0 Å². The first-order valence-corrected chi connectivity index (χ1v) is 8.61. The van der Waals surface area contributed by atoms with E-state index in [1.807, 2.05) is 32.0 Å². The van der Waals surface area contributed by atoms with E-state index in [1.165, 1.54) is 19.3 Å². The molecule has 4 nitrogen and oxygen atoms in total. The molecule has 0 radical (unpaired) electrons. The number of hydrogen-bond acceptors (Lipinski definition) is 3. The number of nitrogens with zero attached hydrogens (tertiary/aromatic N) is 1. The first kappa shape index (κ1) is 17.8. The second-order valence-electron chi connectivity index (χ2n) is 7.15. The number of para-hydroxylation sites is 1. The van der Waals surface area contributed by atoms with Gasteiger partial charge in [-0.15, -0.1) is 0 Å². The minimum absolute atomic E-state index is 0.00530. The summed E-state index contributed by atoms with van der Waals surface area (Å²) in [5.41, 5.74) is 2.12. The topological polar surface area (TPSA) is 41.6 Å². The van der Waals surface area contributed by atoms with Gasteiger partial charge in [0.05, 0.1) is 0 Å². The monoisotopic (exact) mass is 318 g/mol. The molecule has 1 saturated heterocycles. The van der Waals surface area contributed by atoms with E-state index < -0.39 is 0 Å². The summed E-state index contributed by atoms with van der Waals surface area (Å²) in [5.74, 6) is 0.760. The van der Waals surface area contributed by atoms with Crippen LogP contribution in [0.25, 0.3) is 0 Å². The van der Waals surface area contributed by atoms with Gasteiger partial charge in [-0.25, -0.2) is 0 Å². The molecule has 1 fully saturated rings. The number of amides is 1. The Morgan fingerprint density at radius 3 is 2.39 bits per heavy atom. The van der Waals surface area contributed by atoms with Gasteiger partial charge in [0.15, 0.2) is 6.61 Å². The van der Waals surface area contributed by atoms with Crippen LogP contribution in [0, 0.1) is 13.8 Å². The van der Waals surface area contributed by atoms with Gasteiger partial charge in [0.25, 0.3) is 5.91 Å². The Labute approximate surface area is 140 Å². The number of ether oxygens (including phenoxy) is 1. The van der Waals surface area contributed by atoms with E-state index in [2.05, 4.69) is 24.1 Å². The largest absolute Gasteiger partial charge is 0.483 e. The molecular formula is C19H30N2O2. The first-order valence-electron chi connectivity index (χ1n) is 8.61. The van der Waals surface area contributed by atoms with Crippen molar-refractivity contribution < 1.29 is 9.53 Å². The fourth-order valence-corrected chi connectivity index (χ4v) is 3.14. The summed E-state index contributed by atoms with van der Waals surface area (Å²) in [6, 6.07) is 6.00. The van der Waals surface area contributed by atoms with Gasteiger partial charge in [0.2, 0.25) is 0 Å². The van der Waals surface area contributed by atoms with Gasteiger partial charge in [-0.1, -0.05) is 24.6 Å². The van der Waals surface area contributed by atoms with Crippen LogP contribution in [0.3, 0.4) is 0 Å². The molecule has 1 N–H and O–H groups in total. The summed E-state index contributed by atoms with van der Waals surface area (Å²) in [6.45, 7) is 11.4.